The highest BCUT2D eigenvalue weighted by Crippen LogP contribution is 2.41. The van der Waals surface area contributed by atoms with E-state index in [1.807, 2.05) is 0 Å². The van der Waals surface area contributed by atoms with E-state index in [-0.39, 0.29) is 11.7 Å². The van der Waals surface area contributed by atoms with Crippen LogP contribution in [0.3, 0.4) is 0 Å². The van der Waals surface area contributed by atoms with Crippen LogP contribution in [0, 0.1) is 5.82 Å². The molecule has 1 amide bonds. The molecule has 1 saturated carbocycles. The number of hydrogen-bond donors (Lipinski definition) is 1. The van der Waals surface area contributed by atoms with E-state index < -0.39 is 5.54 Å². The Labute approximate surface area is 138 Å². The lowest BCUT2D eigenvalue weighted by atomic mass is 9.71. The Bertz CT molecular complexity index is 720. The van der Waals surface area contributed by atoms with Crippen LogP contribution in [0.5, 0.6) is 0 Å². The standard InChI is InChI=1S/C16H15Cl2FN2O/c1-21-13(9-12(17)14(21)18)15(22)20-16(7-2-8-16)10-3-5-11(19)6-4-10/h3-6,9H,2,7-8H2,1H3,(H,20,22). The molecule has 1 aliphatic carbocycles. The quantitative estimate of drug-likeness (QED) is 0.888. The topological polar surface area (TPSA) is 34.0 Å². The van der Waals surface area contributed by atoms with Gasteiger partial charge in [0.1, 0.15) is 16.7 Å². The van der Waals surface area contributed by atoms with Crippen LogP contribution >= 0.6 is 23.2 Å². The summed E-state index contributed by atoms with van der Waals surface area (Å²) in [5, 5.41) is 3.74. The summed E-state index contributed by atoms with van der Waals surface area (Å²) in [6.07, 6.45) is 2.68. The number of carbonyl (C=O) groups is 1. The Balaban J connectivity index is 1.88. The van der Waals surface area contributed by atoms with Crippen LogP contribution in [0.2, 0.25) is 10.2 Å². The second-order valence-corrected chi connectivity index (χ2v) is 6.39. The second kappa shape index (κ2) is 5.60. The Morgan fingerprint density at radius 3 is 2.36 bits per heavy atom. The number of carbonyl (C=O) groups excluding carboxylic acids is 1. The largest absolute Gasteiger partial charge is 0.341 e. The zero-order valence-corrected chi connectivity index (χ0v) is 13.5. The van der Waals surface area contributed by atoms with Gasteiger partial charge < -0.3 is 9.88 Å². The first-order chi connectivity index (χ1) is 10.4. The van der Waals surface area contributed by atoms with Crippen molar-refractivity contribution in [3.05, 3.63) is 57.6 Å². The minimum absolute atomic E-state index is 0.236. The summed E-state index contributed by atoms with van der Waals surface area (Å²) in [5.74, 6) is -0.522. The molecule has 6 heteroatoms. The van der Waals surface area contributed by atoms with Gasteiger partial charge in [-0.25, -0.2) is 4.39 Å². The van der Waals surface area contributed by atoms with Crippen molar-refractivity contribution in [2.75, 3.05) is 0 Å². The van der Waals surface area contributed by atoms with Crippen LogP contribution in [-0.2, 0) is 12.6 Å². The van der Waals surface area contributed by atoms with Gasteiger partial charge in [0.05, 0.1) is 10.6 Å². The van der Waals surface area contributed by atoms with Gasteiger partial charge in [0.2, 0.25) is 0 Å². The summed E-state index contributed by atoms with van der Waals surface area (Å²) in [4.78, 5) is 12.6. The predicted molar refractivity (Wildman–Crippen MR) is 84.8 cm³/mol. The molecule has 1 aromatic heterocycles. The van der Waals surface area contributed by atoms with Gasteiger partial charge in [0, 0.05) is 7.05 Å². The fraction of sp³-hybridized carbons (Fsp3) is 0.312. The first-order valence-electron chi connectivity index (χ1n) is 7.02. The number of aromatic nitrogens is 1. The fourth-order valence-corrected chi connectivity index (χ4v) is 3.20. The van der Waals surface area contributed by atoms with E-state index in [9.17, 15) is 9.18 Å². The minimum atomic E-state index is -0.437. The van der Waals surface area contributed by atoms with Crippen LogP contribution in [0.15, 0.2) is 30.3 Å². The van der Waals surface area contributed by atoms with Gasteiger partial charge in [-0.2, -0.15) is 0 Å². The molecule has 0 aliphatic heterocycles. The van der Waals surface area contributed by atoms with E-state index in [0.717, 1.165) is 24.8 Å². The summed E-state index contributed by atoms with van der Waals surface area (Å²) in [6, 6.07) is 7.82. The third-order valence-corrected chi connectivity index (χ3v) is 5.15. The Kier molecular flexibility index (Phi) is 3.91. The molecule has 1 fully saturated rings. The Hall–Kier alpha value is -1.52. The lowest BCUT2D eigenvalue weighted by Gasteiger charge is -2.43. The molecule has 3 rings (SSSR count). The minimum Gasteiger partial charge on any atom is -0.341 e. The lowest BCUT2D eigenvalue weighted by molar-refractivity contribution is 0.0815. The molecule has 3 nitrogen and oxygen atoms in total. The highest BCUT2D eigenvalue weighted by atomic mass is 35.5. The molecule has 0 radical (unpaired) electrons. The average Bonchev–Trinajstić information content (AvgIpc) is 2.71. The van der Waals surface area contributed by atoms with Crippen LogP contribution in [0.4, 0.5) is 4.39 Å². The molecule has 0 atom stereocenters. The normalized spacial score (nSPS) is 16.2. The van der Waals surface area contributed by atoms with Crippen LogP contribution in [0.25, 0.3) is 0 Å². The monoisotopic (exact) mass is 340 g/mol. The molecule has 1 heterocycles. The van der Waals surface area contributed by atoms with Crippen molar-refractivity contribution in [1.29, 1.82) is 0 Å². The molecule has 1 aromatic carbocycles. The number of benzene rings is 1. The molecule has 1 N–H and O–H groups in total. The number of amides is 1. The Morgan fingerprint density at radius 2 is 1.91 bits per heavy atom. The molecule has 0 saturated heterocycles. The molecule has 116 valence electrons. The third kappa shape index (κ3) is 2.50. The SMILES string of the molecule is Cn1c(C(=O)NC2(c3ccc(F)cc3)CCC2)cc(Cl)c1Cl. The van der Waals surface area contributed by atoms with Crippen molar-refractivity contribution in [3.63, 3.8) is 0 Å². The average molecular weight is 341 g/mol. The van der Waals surface area contributed by atoms with Gasteiger partial charge in [0.25, 0.3) is 5.91 Å². The predicted octanol–water partition coefficient (Wildman–Crippen LogP) is 4.28. The van der Waals surface area contributed by atoms with Crippen molar-refractivity contribution >= 4 is 29.1 Å². The lowest BCUT2D eigenvalue weighted by Crippen LogP contribution is -2.51. The summed E-state index contributed by atoms with van der Waals surface area (Å²) in [6.45, 7) is 0. The van der Waals surface area contributed by atoms with Crippen LogP contribution in [0.1, 0.15) is 35.3 Å². The molecule has 0 bridgehead atoms. The van der Waals surface area contributed by atoms with Gasteiger partial charge in [-0.05, 0) is 43.0 Å². The number of hydrogen-bond acceptors (Lipinski definition) is 1. The van der Waals surface area contributed by atoms with Gasteiger partial charge in [-0.1, -0.05) is 35.3 Å². The zero-order chi connectivity index (χ0) is 15.9. The number of nitrogens with zero attached hydrogens (tertiary/aromatic N) is 1. The number of rotatable bonds is 3. The van der Waals surface area contributed by atoms with E-state index in [1.54, 1.807) is 29.8 Å². The summed E-state index contributed by atoms with van der Waals surface area (Å²) in [7, 11) is 1.69. The van der Waals surface area contributed by atoms with Gasteiger partial charge in [0.15, 0.2) is 0 Å². The molecular weight excluding hydrogens is 326 g/mol. The Morgan fingerprint density at radius 1 is 1.27 bits per heavy atom. The fourth-order valence-electron chi connectivity index (χ4n) is 2.83. The summed E-state index contributed by atoms with van der Waals surface area (Å²) in [5.41, 5.74) is 0.886. The molecule has 0 spiro atoms. The highest BCUT2D eigenvalue weighted by molar-refractivity contribution is 6.41. The van der Waals surface area contributed by atoms with E-state index in [2.05, 4.69) is 5.32 Å². The van der Waals surface area contributed by atoms with E-state index in [1.165, 1.54) is 12.1 Å². The first-order valence-corrected chi connectivity index (χ1v) is 7.78. The van der Waals surface area contributed by atoms with E-state index in [4.69, 9.17) is 23.2 Å². The molecule has 2 aromatic rings. The molecule has 0 unspecified atom stereocenters. The van der Waals surface area contributed by atoms with Crippen molar-refractivity contribution in [3.8, 4) is 0 Å². The van der Waals surface area contributed by atoms with E-state index >= 15 is 0 Å². The highest BCUT2D eigenvalue weighted by Gasteiger charge is 2.40. The van der Waals surface area contributed by atoms with Crippen molar-refractivity contribution < 1.29 is 9.18 Å². The zero-order valence-electron chi connectivity index (χ0n) is 12.0. The number of halogens is 3. The molecular formula is C16H15Cl2FN2O. The maximum atomic E-state index is 13.1. The van der Waals surface area contributed by atoms with Crippen molar-refractivity contribution in [2.24, 2.45) is 7.05 Å². The van der Waals surface area contributed by atoms with Gasteiger partial charge in [-0.3, -0.25) is 4.79 Å². The van der Waals surface area contributed by atoms with E-state index in [0.29, 0.717) is 15.9 Å². The van der Waals surface area contributed by atoms with Crippen LogP contribution in [-0.4, -0.2) is 10.5 Å². The molecule has 1 aliphatic rings. The smallest absolute Gasteiger partial charge is 0.268 e. The maximum Gasteiger partial charge on any atom is 0.268 e. The first kappa shape index (κ1) is 15.4. The van der Waals surface area contributed by atoms with Crippen molar-refractivity contribution in [1.82, 2.24) is 9.88 Å². The molecule has 22 heavy (non-hydrogen) atoms. The third-order valence-electron chi connectivity index (χ3n) is 4.31. The van der Waals surface area contributed by atoms with Gasteiger partial charge in [-0.15, -0.1) is 0 Å². The van der Waals surface area contributed by atoms with Crippen molar-refractivity contribution in [2.45, 2.75) is 24.8 Å². The summed E-state index contributed by atoms with van der Waals surface area (Å²) < 4.78 is 14.7. The van der Waals surface area contributed by atoms with Crippen LogP contribution < -0.4 is 5.32 Å². The van der Waals surface area contributed by atoms with Gasteiger partial charge >= 0.3 is 0 Å². The second-order valence-electron chi connectivity index (χ2n) is 5.62. The summed E-state index contributed by atoms with van der Waals surface area (Å²) >= 11 is 12.0. The number of nitrogens with one attached hydrogen (secondary N) is 1. The maximum absolute atomic E-state index is 13.1.